The minimum atomic E-state index is -3.77. The molecule has 2 N–H and O–H groups in total. The van der Waals surface area contributed by atoms with Crippen molar-refractivity contribution in [2.75, 3.05) is 17.1 Å². The van der Waals surface area contributed by atoms with Gasteiger partial charge >= 0.3 is 0 Å². The maximum atomic E-state index is 12.8. The van der Waals surface area contributed by atoms with E-state index in [-0.39, 0.29) is 10.8 Å². The second-order valence-electron chi connectivity index (χ2n) is 7.51. The molecule has 0 saturated carbocycles. The molecule has 0 spiro atoms. The third kappa shape index (κ3) is 4.83. The van der Waals surface area contributed by atoms with E-state index in [1.807, 2.05) is 38.1 Å². The molecule has 0 radical (unpaired) electrons. The van der Waals surface area contributed by atoms with Crippen LogP contribution in [0.2, 0.25) is 5.02 Å². The molecule has 1 aromatic heterocycles. The second kappa shape index (κ2) is 9.05. The molecular formula is C24H21ClN2O4S2. The number of anilines is 2. The molecule has 33 heavy (non-hydrogen) atoms. The average molecular weight is 501 g/mol. The lowest BCUT2D eigenvalue weighted by Gasteiger charge is -2.12. The van der Waals surface area contributed by atoms with Crippen molar-refractivity contribution in [1.82, 2.24) is 0 Å². The zero-order valence-corrected chi connectivity index (χ0v) is 20.5. The predicted molar refractivity (Wildman–Crippen MR) is 135 cm³/mol. The molecule has 4 rings (SSSR count). The quantitative estimate of drug-likeness (QED) is 0.328. The van der Waals surface area contributed by atoms with Gasteiger partial charge in [-0.2, -0.15) is 0 Å². The van der Waals surface area contributed by atoms with Gasteiger partial charge in [-0.15, -0.1) is 11.3 Å². The van der Waals surface area contributed by atoms with Crippen LogP contribution in [-0.4, -0.2) is 21.4 Å². The van der Waals surface area contributed by atoms with Crippen LogP contribution >= 0.6 is 22.9 Å². The minimum Gasteiger partial charge on any atom is -0.497 e. The van der Waals surface area contributed by atoms with Crippen LogP contribution in [0.25, 0.3) is 10.1 Å². The number of sulfonamides is 1. The van der Waals surface area contributed by atoms with Crippen molar-refractivity contribution in [3.8, 4) is 5.75 Å². The molecule has 3 aromatic carbocycles. The number of fused-ring (bicyclic) bond motifs is 1. The number of nitrogens with one attached hydrogen (secondary N) is 2. The summed E-state index contributed by atoms with van der Waals surface area (Å²) in [5.41, 5.74) is 2.86. The number of carbonyl (C=O) groups excluding carboxylic acids is 1. The van der Waals surface area contributed by atoms with Crippen LogP contribution in [0.4, 0.5) is 11.4 Å². The topological polar surface area (TPSA) is 84.5 Å². The Morgan fingerprint density at radius 2 is 1.73 bits per heavy atom. The summed E-state index contributed by atoms with van der Waals surface area (Å²) in [6.07, 6.45) is 0. The Hall–Kier alpha value is -3.07. The molecule has 0 aliphatic rings. The van der Waals surface area contributed by atoms with E-state index in [9.17, 15) is 13.2 Å². The molecule has 0 aliphatic heterocycles. The monoisotopic (exact) mass is 500 g/mol. The van der Waals surface area contributed by atoms with Crippen LogP contribution in [0.1, 0.15) is 20.8 Å². The molecule has 0 atom stereocenters. The first kappa shape index (κ1) is 23.1. The summed E-state index contributed by atoms with van der Waals surface area (Å²) < 4.78 is 34.2. The zero-order chi connectivity index (χ0) is 23.8. The van der Waals surface area contributed by atoms with Crippen LogP contribution in [-0.2, 0) is 10.0 Å². The lowest BCUT2D eigenvalue weighted by molar-refractivity contribution is 0.103. The SMILES string of the molecule is COc1ccc2c(Cl)c(C(=O)Nc3ccc(S(=O)(=O)Nc4ccc(C)cc4C)cc3)sc2c1. The number of methoxy groups -OCH3 is 1. The molecule has 0 unspecified atom stereocenters. The first-order chi connectivity index (χ1) is 15.7. The van der Waals surface area contributed by atoms with Crippen LogP contribution in [0.3, 0.4) is 0 Å². The Bertz CT molecular complexity index is 1460. The molecule has 1 heterocycles. The molecule has 6 nitrogen and oxygen atoms in total. The molecule has 0 aliphatic carbocycles. The normalized spacial score (nSPS) is 11.4. The number of benzene rings is 3. The highest BCUT2D eigenvalue weighted by Gasteiger charge is 2.19. The van der Waals surface area contributed by atoms with E-state index < -0.39 is 10.0 Å². The summed E-state index contributed by atoms with van der Waals surface area (Å²) in [4.78, 5) is 13.3. The van der Waals surface area contributed by atoms with Crippen molar-refractivity contribution in [2.45, 2.75) is 18.7 Å². The maximum absolute atomic E-state index is 12.8. The highest BCUT2D eigenvalue weighted by Crippen LogP contribution is 2.37. The van der Waals surface area contributed by atoms with Gasteiger partial charge in [0.05, 0.1) is 22.7 Å². The first-order valence-electron chi connectivity index (χ1n) is 9.95. The van der Waals surface area contributed by atoms with E-state index in [4.69, 9.17) is 16.3 Å². The predicted octanol–water partition coefficient (Wildman–Crippen LogP) is 6.23. The molecule has 9 heteroatoms. The van der Waals surface area contributed by atoms with Gasteiger partial charge < -0.3 is 10.1 Å². The van der Waals surface area contributed by atoms with Gasteiger partial charge in [-0.25, -0.2) is 8.42 Å². The zero-order valence-electron chi connectivity index (χ0n) is 18.1. The number of hydrogen-bond acceptors (Lipinski definition) is 5. The smallest absolute Gasteiger partial charge is 0.267 e. The van der Waals surface area contributed by atoms with E-state index in [0.29, 0.717) is 27.0 Å². The molecule has 1 amide bonds. The highest BCUT2D eigenvalue weighted by atomic mass is 35.5. The van der Waals surface area contributed by atoms with Crippen LogP contribution in [0.5, 0.6) is 5.75 Å². The van der Waals surface area contributed by atoms with Gasteiger partial charge in [0.15, 0.2) is 0 Å². The van der Waals surface area contributed by atoms with E-state index in [1.54, 1.807) is 31.4 Å². The Morgan fingerprint density at radius 1 is 1.00 bits per heavy atom. The van der Waals surface area contributed by atoms with E-state index in [2.05, 4.69) is 10.0 Å². The van der Waals surface area contributed by atoms with Gasteiger partial charge in [0, 0.05) is 15.8 Å². The highest BCUT2D eigenvalue weighted by molar-refractivity contribution is 7.92. The molecular weight excluding hydrogens is 480 g/mol. The fourth-order valence-corrected chi connectivity index (χ4v) is 5.93. The summed E-state index contributed by atoms with van der Waals surface area (Å²) >= 11 is 7.68. The molecule has 170 valence electrons. The number of aryl methyl sites for hydroxylation is 2. The lowest BCUT2D eigenvalue weighted by Crippen LogP contribution is -2.14. The van der Waals surface area contributed by atoms with Gasteiger partial charge in [-0.3, -0.25) is 9.52 Å². The van der Waals surface area contributed by atoms with E-state index in [1.165, 1.54) is 23.5 Å². The van der Waals surface area contributed by atoms with E-state index >= 15 is 0 Å². The number of carbonyl (C=O) groups is 1. The minimum absolute atomic E-state index is 0.0902. The van der Waals surface area contributed by atoms with Crippen LogP contribution in [0.15, 0.2) is 65.6 Å². The number of rotatable bonds is 6. The summed E-state index contributed by atoms with van der Waals surface area (Å²) in [6.45, 7) is 3.79. The summed E-state index contributed by atoms with van der Waals surface area (Å²) in [5.74, 6) is 0.308. The Labute approximate surface area is 201 Å². The van der Waals surface area contributed by atoms with Crippen molar-refractivity contribution in [1.29, 1.82) is 0 Å². The second-order valence-corrected chi connectivity index (χ2v) is 10.6. The number of ether oxygens (including phenoxy) is 1. The van der Waals surface area contributed by atoms with Crippen molar-refractivity contribution < 1.29 is 17.9 Å². The molecule has 0 bridgehead atoms. The number of thiophene rings is 1. The first-order valence-corrected chi connectivity index (χ1v) is 12.6. The van der Waals surface area contributed by atoms with Crippen molar-refractivity contribution in [3.63, 3.8) is 0 Å². The van der Waals surface area contributed by atoms with Gasteiger partial charge in [-0.05, 0) is 67.9 Å². The molecule has 0 fully saturated rings. The van der Waals surface area contributed by atoms with Crippen molar-refractivity contribution in [2.24, 2.45) is 0 Å². The third-order valence-corrected chi connectivity index (χ3v) is 8.13. The maximum Gasteiger partial charge on any atom is 0.267 e. The largest absolute Gasteiger partial charge is 0.497 e. The van der Waals surface area contributed by atoms with Crippen LogP contribution < -0.4 is 14.8 Å². The van der Waals surface area contributed by atoms with Crippen molar-refractivity contribution >= 4 is 60.3 Å². The molecule has 0 saturated heterocycles. The molecule has 4 aromatic rings. The van der Waals surface area contributed by atoms with E-state index in [0.717, 1.165) is 21.2 Å². The van der Waals surface area contributed by atoms with Gasteiger partial charge in [0.25, 0.3) is 15.9 Å². The summed E-state index contributed by atoms with van der Waals surface area (Å²) in [7, 11) is -2.20. The number of halogens is 1. The van der Waals surface area contributed by atoms with Gasteiger partial charge in [0.2, 0.25) is 0 Å². The van der Waals surface area contributed by atoms with Crippen LogP contribution in [0, 0.1) is 13.8 Å². The fraction of sp³-hybridized carbons (Fsp3) is 0.125. The van der Waals surface area contributed by atoms with Crippen molar-refractivity contribution in [3.05, 3.63) is 81.7 Å². The Morgan fingerprint density at radius 3 is 2.39 bits per heavy atom. The lowest BCUT2D eigenvalue weighted by atomic mass is 10.1. The Kier molecular flexibility index (Phi) is 6.34. The Balaban J connectivity index is 1.52. The number of amides is 1. The standard InChI is InChI=1S/C24H21ClN2O4S2/c1-14-4-11-20(15(2)12-14)27-33(29,30)18-8-5-16(6-9-18)26-24(28)23-22(25)19-10-7-17(31-3)13-21(19)32-23/h4-13,27H,1-3H3,(H,26,28). The fourth-order valence-electron chi connectivity index (χ4n) is 3.36. The summed E-state index contributed by atoms with van der Waals surface area (Å²) in [6, 6.07) is 16.9. The third-order valence-electron chi connectivity index (χ3n) is 5.09. The van der Waals surface area contributed by atoms with Gasteiger partial charge in [-0.1, -0.05) is 29.3 Å². The number of hydrogen-bond donors (Lipinski definition) is 2. The van der Waals surface area contributed by atoms with Gasteiger partial charge in [0.1, 0.15) is 10.6 Å². The summed E-state index contributed by atoms with van der Waals surface area (Å²) in [5, 5.41) is 3.91. The average Bonchev–Trinajstić information content (AvgIpc) is 3.12.